The highest BCUT2D eigenvalue weighted by Gasteiger charge is 2.35. The number of rotatable bonds is 71. The van der Waals surface area contributed by atoms with Crippen LogP contribution in [-0.4, -0.2) is 316 Å². The number of hydrogen-bond donors (Lipinski definition) is 4. The summed E-state index contributed by atoms with van der Waals surface area (Å²) in [6.07, 6.45) is -0.384. The van der Waals surface area contributed by atoms with Crippen molar-refractivity contribution in [3.63, 3.8) is 0 Å². The van der Waals surface area contributed by atoms with Crippen molar-refractivity contribution < 1.29 is 119 Å². The van der Waals surface area contributed by atoms with Gasteiger partial charge in [-0.15, -0.1) is 5.06 Å². The van der Waals surface area contributed by atoms with E-state index in [1.54, 1.807) is 0 Å². The van der Waals surface area contributed by atoms with Gasteiger partial charge in [0.25, 0.3) is 11.8 Å². The SMILES string of the molecule is [N-]=[N+]=NCCOCCOCCOCCNC(=O)CCOCC(COCCC(=O)NCCOCCOCCOCCN=[N+]=[N-])(COCCC(=O)NCCOCCOCCOCCN=[N+]=[N-])NC(=O)CCOCCOCCOCCOCCOCCC(=O)ON1C(=O)CCC1=O. The summed E-state index contributed by atoms with van der Waals surface area (Å²) in [5.74, 6) is -3.31. The van der Waals surface area contributed by atoms with Crippen molar-refractivity contribution in [2.75, 3.05) is 264 Å². The van der Waals surface area contributed by atoms with Crippen LogP contribution in [0.1, 0.15) is 44.9 Å². The molecule has 0 aromatic carbocycles. The zero-order valence-corrected chi connectivity index (χ0v) is 53.9. The van der Waals surface area contributed by atoms with Gasteiger partial charge in [-0.25, -0.2) is 4.79 Å². The molecule has 6 amide bonds. The highest BCUT2D eigenvalue weighted by Crippen LogP contribution is 2.13. The molecule has 1 aliphatic rings. The van der Waals surface area contributed by atoms with Crippen LogP contribution >= 0.6 is 0 Å². The predicted octanol–water partition coefficient (Wildman–Crippen LogP) is -0.0392. The number of ether oxygens (including phenoxy) is 17. The van der Waals surface area contributed by atoms with E-state index in [1.807, 2.05) is 0 Å². The van der Waals surface area contributed by atoms with E-state index in [9.17, 15) is 33.6 Å². The number of carbonyl (C=O) groups excluding carboxylic acids is 7. The van der Waals surface area contributed by atoms with E-state index in [-0.39, 0.29) is 247 Å². The number of nitrogens with zero attached hydrogens (tertiary/aromatic N) is 10. The number of nitrogens with one attached hydrogen (secondary N) is 4. The molecule has 0 saturated carbocycles. The molecular formula is C55H98N14O25. The van der Waals surface area contributed by atoms with Gasteiger partial charge in [0.15, 0.2) is 0 Å². The molecule has 1 fully saturated rings. The van der Waals surface area contributed by atoms with Gasteiger partial charge >= 0.3 is 5.97 Å². The first-order chi connectivity index (χ1) is 46.1. The lowest BCUT2D eigenvalue weighted by Gasteiger charge is -2.34. The number of amides is 6. The standard InChI is InChI=1S/C55H98N14O25/c56-66-62-11-22-82-30-38-87-35-27-79-19-8-59-48(70)3-15-91-45-55(46-92-16-4-49(71)60-9-20-80-28-36-88-39-31-83-23-12-63-67-57,47-93-17-5-50(72)61-10-21-81-29-37-89-40-32-84-24-13-64-68-58)65-51(73)6-14-77-25-33-85-41-43-90-44-42-86-34-26-78-18-7-54(76)94-69-52(74)1-2-53(69)75/h1-47H2,(H,59,70)(H,60,71)(H,61,72)(H,65,73). The third kappa shape index (κ3) is 56.1. The summed E-state index contributed by atoms with van der Waals surface area (Å²) in [6, 6.07) is 0. The molecule has 0 atom stereocenters. The van der Waals surface area contributed by atoms with Gasteiger partial charge in [0.1, 0.15) is 5.54 Å². The molecule has 0 aromatic heterocycles. The normalized spacial score (nSPS) is 12.6. The molecule has 94 heavy (non-hydrogen) atoms. The monoisotopic (exact) mass is 1350 g/mol. The Labute approximate surface area is 546 Å². The summed E-state index contributed by atoms with van der Waals surface area (Å²) in [7, 11) is 0. The molecular weight excluding hydrogens is 1260 g/mol. The summed E-state index contributed by atoms with van der Waals surface area (Å²) >= 11 is 0. The maximum atomic E-state index is 13.7. The fourth-order valence-corrected chi connectivity index (χ4v) is 7.13. The highest BCUT2D eigenvalue weighted by atomic mass is 16.7. The number of hydroxylamine groups is 2. The van der Waals surface area contributed by atoms with Crippen LogP contribution < -0.4 is 21.3 Å². The van der Waals surface area contributed by atoms with Crippen LogP contribution in [-0.2, 0) is 119 Å². The minimum atomic E-state index is -1.39. The third-order valence-corrected chi connectivity index (χ3v) is 11.7. The first kappa shape index (κ1) is 85.8. The van der Waals surface area contributed by atoms with Crippen LogP contribution in [0.15, 0.2) is 15.3 Å². The number of imide groups is 1. The average Bonchev–Trinajstić information content (AvgIpc) is 1.47. The lowest BCUT2D eigenvalue weighted by molar-refractivity contribution is -0.198. The van der Waals surface area contributed by atoms with Crippen LogP contribution in [0.3, 0.4) is 0 Å². The van der Waals surface area contributed by atoms with Crippen molar-refractivity contribution in [2.45, 2.75) is 50.5 Å². The summed E-state index contributed by atoms with van der Waals surface area (Å²) in [4.78, 5) is 99.7. The van der Waals surface area contributed by atoms with E-state index in [4.69, 9.17) is 102 Å². The van der Waals surface area contributed by atoms with Crippen molar-refractivity contribution in [3.8, 4) is 0 Å². The molecule has 0 aliphatic carbocycles. The molecule has 39 nitrogen and oxygen atoms in total. The van der Waals surface area contributed by atoms with E-state index in [1.165, 1.54) is 0 Å². The van der Waals surface area contributed by atoms with E-state index in [0.717, 1.165) is 0 Å². The van der Waals surface area contributed by atoms with Crippen LogP contribution in [0.2, 0.25) is 0 Å². The zero-order valence-electron chi connectivity index (χ0n) is 53.9. The number of azide groups is 3. The molecule has 1 aliphatic heterocycles. The molecule has 538 valence electrons. The fourth-order valence-electron chi connectivity index (χ4n) is 7.13. The van der Waals surface area contributed by atoms with Crippen molar-refractivity contribution in [3.05, 3.63) is 31.3 Å². The number of hydrogen-bond acceptors (Lipinski definition) is 28. The Kier molecular flexibility index (Phi) is 59.7. The molecule has 0 bridgehead atoms. The van der Waals surface area contributed by atoms with Gasteiger partial charge in [0.05, 0.1) is 231 Å². The molecule has 0 radical (unpaired) electrons. The van der Waals surface area contributed by atoms with Crippen LogP contribution in [0.4, 0.5) is 0 Å². The minimum absolute atomic E-state index is 0.00346. The third-order valence-electron chi connectivity index (χ3n) is 11.7. The Morgan fingerprint density at radius 2 is 0.585 bits per heavy atom. The second kappa shape index (κ2) is 65.4. The quantitative estimate of drug-likeness (QED) is 0.0204. The van der Waals surface area contributed by atoms with Crippen molar-refractivity contribution >= 4 is 41.4 Å². The van der Waals surface area contributed by atoms with Gasteiger partial charge in [0, 0.05) is 92.5 Å². The highest BCUT2D eigenvalue weighted by molar-refractivity contribution is 6.01. The maximum absolute atomic E-state index is 13.7. The Bertz CT molecular complexity index is 1970. The first-order valence-corrected chi connectivity index (χ1v) is 31.1. The van der Waals surface area contributed by atoms with E-state index < -0.39 is 29.2 Å². The predicted molar refractivity (Wildman–Crippen MR) is 326 cm³/mol. The van der Waals surface area contributed by atoms with E-state index >= 15 is 0 Å². The fraction of sp³-hybridized carbons (Fsp3) is 0.873. The molecule has 4 N–H and O–H groups in total. The maximum Gasteiger partial charge on any atom is 0.335 e. The van der Waals surface area contributed by atoms with Crippen molar-refractivity contribution in [1.29, 1.82) is 0 Å². The topological polar surface area (TPSA) is 483 Å². The Hall–Kier alpha value is -6.26. The zero-order chi connectivity index (χ0) is 68.2. The van der Waals surface area contributed by atoms with Gasteiger partial charge in [-0.2, -0.15) is 0 Å². The van der Waals surface area contributed by atoms with Crippen molar-refractivity contribution in [2.24, 2.45) is 15.3 Å². The molecule has 0 unspecified atom stereocenters. The van der Waals surface area contributed by atoms with E-state index in [0.29, 0.717) is 84.3 Å². The Morgan fingerprint density at radius 3 is 0.883 bits per heavy atom. The van der Waals surface area contributed by atoms with Crippen molar-refractivity contribution in [1.82, 2.24) is 26.3 Å². The second-order valence-corrected chi connectivity index (χ2v) is 19.3. The Morgan fingerprint density at radius 1 is 0.340 bits per heavy atom. The summed E-state index contributed by atoms with van der Waals surface area (Å²) in [5, 5.41) is 21.9. The van der Waals surface area contributed by atoms with E-state index in [2.05, 4.69) is 51.3 Å². The lowest BCUT2D eigenvalue weighted by Crippen LogP contribution is -2.59. The summed E-state index contributed by atoms with van der Waals surface area (Å²) in [6.45, 7) is 7.76. The molecule has 1 rings (SSSR count). The molecule has 39 heteroatoms. The second-order valence-electron chi connectivity index (χ2n) is 19.3. The molecule has 0 aromatic rings. The Balaban J connectivity index is 2.74. The summed E-state index contributed by atoms with van der Waals surface area (Å²) in [5.41, 5.74) is 23.5. The smallest absolute Gasteiger partial charge is 0.335 e. The lowest BCUT2D eigenvalue weighted by atomic mass is 10.0. The minimum Gasteiger partial charge on any atom is -0.379 e. The molecule has 1 saturated heterocycles. The van der Waals surface area contributed by atoms with Gasteiger partial charge in [-0.05, 0) is 16.6 Å². The van der Waals surface area contributed by atoms with Gasteiger partial charge in [-0.3, -0.25) is 28.8 Å². The van der Waals surface area contributed by atoms with Crippen LogP contribution in [0.5, 0.6) is 0 Å². The molecule has 1 heterocycles. The first-order valence-electron chi connectivity index (χ1n) is 31.1. The van der Waals surface area contributed by atoms with Crippen LogP contribution in [0.25, 0.3) is 31.3 Å². The summed E-state index contributed by atoms with van der Waals surface area (Å²) < 4.78 is 94.2. The average molecular weight is 1360 g/mol. The molecule has 0 spiro atoms. The van der Waals surface area contributed by atoms with Gasteiger partial charge < -0.3 is 107 Å². The largest absolute Gasteiger partial charge is 0.379 e. The van der Waals surface area contributed by atoms with Crippen LogP contribution in [0, 0.1) is 0 Å². The van der Waals surface area contributed by atoms with Gasteiger partial charge in [-0.1, -0.05) is 15.3 Å². The van der Waals surface area contributed by atoms with Gasteiger partial charge in [0.2, 0.25) is 23.6 Å². The number of carbonyl (C=O) groups is 7.